The van der Waals surface area contributed by atoms with Gasteiger partial charge < -0.3 is 34.7 Å². The predicted molar refractivity (Wildman–Crippen MR) is 188 cm³/mol. The van der Waals surface area contributed by atoms with Crippen molar-refractivity contribution in [2.75, 3.05) is 20.3 Å². The van der Waals surface area contributed by atoms with Crippen LogP contribution in [-0.4, -0.2) is 49.9 Å². The van der Waals surface area contributed by atoms with Crippen LogP contribution in [-0.2, 0) is 22.6 Å². The number of aliphatic hydroxyl groups excluding tert-OH is 1. The van der Waals surface area contributed by atoms with Gasteiger partial charge >= 0.3 is 12.0 Å². The maximum absolute atomic E-state index is 12.5. The van der Waals surface area contributed by atoms with Gasteiger partial charge in [-0.3, -0.25) is 5.43 Å². The normalized spacial score (nSPS) is 14.9. The van der Waals surface area contributed by atoms with Crippen LogP contribution in [0, 0.1) is 0 Å². The molecule has 0 aromatic heterocycles. The first-order valence-corrected chi connectivity index (χ1v) is 15.9. The minimum atomic E-state index is -1.14. The van der Waals surface area contributed by atoms with E-state index in [1.165, 1.54) is 12.5 Å². The van der Waals surface area contributed by atoms with E-state index < -0.39 is 24.3 Å². The van der Waals surface area contributed by atoms with Crippen molar-refractivity contribution in [2.45, 2.75) is 39.1 Å². The number of fused-ring (bicyclic) bond motifs is 1. The van der Waals surface area contributed by atoms with Gasteiger partial charge in [0.15, 0.2) is 17.7 Å². The molecule has 5 rings (SSSR count). The molecule has 1 aliphatic heterocycles. The maximum atomic E-state index is 12.5. The number of urea groups is 1. The summed E-state index contributed by atoms with van der Waals surface area (Å²) in [6, 6.07) is 24.0. The molecule has 0 spiro atoms. The number of benzene rings is 4. The Balaban J connectivity index is 1.20. The van der Waals surface area contributed by atoms with E-state index in [2.05, 4.69) is 52.0 Å². The maximum Gasteiger partial charge on any atom is 0.337 e. The number of rotatable bonds is 15. The topological polar surface area (TPSA) is 140 Å². The lowest BCUT2D eigenvalue weighted by Gasteiger charge is -2.28. The Morgan fingerprint density at radius 1 is 1.00 bits per heavy atom. The van der Waals surface area contributed by atoms with Gasteiger partial charge in [-0.05, 0) is 83.6 Å². The number of amides is 2. The van der Waals surface area contributed by atoms with Gasteiger partial charge in [0.2, 0.25) is 0 Å². The standard InChI is InChI=1S/C38H40N4O7/c1-5-10-27-19-25(15-17-31(27)48-22-29-13-9-12-26-11-7-8-14-30(26)29)21-39-42-34(43)23-49-32-18-16-28(20-33(32)47-6-2)36-35(37(44)46-4)24(3)40-38(45)41-36/h5,7-9,11-21,34,36,42-43H,1,6,10,22-23H2,2-4H3,(H2,40,41,45)/b39-21-/t34-,36-/m1/s1. The van der Waals surface area contributed by atoms with E-state index in [4.69, 9.17) is 18.9 Å². The van der Waals surface area contributed by atoms with E-state index in [0.717, 1.165) is 27.8 Å². The number of esters is 1. The van der Waals surface area contributed by atoms with Crippen molar-refractivity contribution < 1.29 is 33.6 Å². The zero-order chi connectivity index (χ0) is 34.8. The highest BCUT2D eigenvalue weighted by molar-refractivity contribution is 5.95. The SMILES string of the molecule is C=CCc1cc(/C=N\N[C@H](O)COc2ccc([C@H]3NC(=O)NC(C)=C3C(=O)OC)cc2OCC)ccc1OCc1cccc2ccccc12. The third-order valence-corrected chi connectivity index (χ3v) is 7.82. The molecule has 2 amide bonds. The zero-order valence-corrected chi connectivity index (χ0v) is 27.7. The van der Waals surface area contributed by atoms with E-state index in [0.29, 0.717) is 42.4 Å². The number of hydrogen-bond donors (Lipinski definition) is 4. The molecule has 0 aliphatic carbocycles. The quantitative estimate of drug-likeness (QED) is 0.0419. The number of aliphatic hydroxyl groups is 1. The Kier molecular flexibility index (Phi) is 11.5. The molecule has 4 aromatic rings. The average Bonchev–Trinajstić information content (AvgIpc) is 3.10. The fourth-order valence-corrected chi connectivity index (χ4v) is 5.53. The van der Waals surface area contributed by atoms with Crippen molar-refractivity contribution in [1.82, 2.24) is 16.1 Å². The minimum Gasteiger partial charge on any atom is -0.490 e. The lowest BCUT2D eigenvalue weighted by Crippen LogP contribution is -2.45. The second kappa shape index (κ2) is 16.3. The average molecular weight is 665 g/mol. The number of hydrogen-bond acceptors (Lipinski definition) is 9. The number of carbonyl (C=O) groups excluding carboxylic acids is 2. The molecule has 4 aromatic carbocycles. The summed E-state index contributed by atoms with van der Waals surface area (Å²) in [7, 11) is 1.28. The summed E-state index contributed by atoms with van der Waals surface area (Å²) in [5.41, 5.74) is 6.81. The Morgan fingerprint density at radius 2 is 1.80 bits per heavy atom. The second-order valence-corrected chi connectivity index (χ2v) is 11.2. The van der Waals surface area contributed by atoms with Crippen LogP contribution in [0.4, 0.5) is 4.79 Å². The number of methoxy groups -OCH3 is 1. The van der Waals surface area contributed by atoms with E-state index in [9.17, 15) is 14.7 Å². The van der Waals surface area contributed by atoms with Crippen molar-refractivity contribution in [1.29, 1.82) is 0 Å². The van der Waals surface area contributed by atoms with Crippen LogP contribution < -0.4 is 30.3 Å². The second-order valence-electron chi connectivity index (χ2n) is 11.2. The molecular weight excluding hydrogens is 624 g/mol. The van der Waals surface area contributed by atoms with Crippen molar-refractivity contribution in [3.63, 3.8) is 0 Å². The van der Waals surface area contributed by atoms with E-state index in [1.807, 2.05) is 49.4 Å². The molecule has 11 heteroatoms. The fourth-order valence-electron chi connectivity index (χ4n) is 5.53. The molecule has 1 heterocycles. The minimum absolute atomic E-state index is 0.143. The number of carbonyl (C=O) groups is 2. The first kappa shape index (κ1) is 34.5. The van der Waals surface area contributed by atoms with Crippen molar-refractivity contribution >= 4 is 29.0 Å². The molecular formula is C38H40N4O7. The van der Waals surface area contributed by atoms with Gasteiger partial charge in [0, 0.05) is 5.70 Å². The van der Waals surface area contributed by atoms with Gasteiger partial charge in [0.25, 0.3) is 0 Å². The molecule has 49 heavy (non-hydrogen) atoms. The molecule has 2 atom stereocenters. The van der Waals surface area contributed by atoms with Gasteiger partial charge in [-0.2, -0.15) is 5.10 Å². The van der Waals surface area contributed by atoms with E-state index >= 15 is 0 Å². The zero-order valence-electron chi connectivity index (χ0n) is 27.7. The van der Waals surface area contributed by atoms with Gasteiger partial charge in [0.05, 0.1) is 31.5 Å². The molecule has 0 unspecified atom stereocenters. The summed E-state index contributed by atoms with van der Waals surface area (Å²) in [5.74, 6) is 0.936. The fraction of sp³-hybridized carbons (Fsp3) is 0.237. The summed E-state index contributed by atoms with van der Waals surface area (Å²) in [6.07, 6.45) is 2.90. The van der Waals surface area contributed by atoms with Gasteiger partial charge in [-0.1, -0.05) is 54.6 Å². The summed E-state index contributed by atoms with van der Waals surface area (Å²) in [4.78, 5) is 24.7. The molecule has 1 aliphatic rings. The summed E-state index contributed by atoms with van der Waals surface area (Å²) < 4.78 is 22.8. The molecule has 0 saturated heterocycles. The van der Waals surface area contributed by atoms with Crippen LogP contribution in [0.15, 0.2) is 108 Å². The Hall–Kier alpha value is -5.81. The highest BCUT2D eigenvalue weighted by Crippen LogP contribution is 2.35. The van der Waals surface area contributed by atoms with Crippen molar-refractivity contribution in [2.24, 2.45) is 5.10 Å². The van der Waals surface area contributed by atoms with Gasteiger partial charge in [-0.25, -0.2) is 9.59 Å². The molecule has 0 bridgehead atoms. The van der Waals surface area contributed by atoms with Crippen LogP contribution in [0.5, 0.6) is 17.2 Å². The number of allylic oxidation sites excluding steroid dienone is 2. The lowest BCUT2D eigenvalue weighted by molar-refractivity contribution is -0.136. The summed E-state index contributed by atoms with van der Waals surface area (Å²) in [5, 5.41) is 22.4. The third-order valence-electron chi connectivity index (χ3n) is 7.82. The number of hydrazone groups is 1. The smallest absolute Gasteiger partial charge is 0.337 e. The Labute approximate surface area is 285 Å². The van der Waals surface area contributed by atoms with Crippen LogP contribution in [0.2, 0.25) is 0 Å². The monoisotopic (exact) mass is 664 g/mol. The van der Waals surface area contributed by atoms with E-state index in [1.54, 1.807) is 31.3 Å². The first-order valence-electron chi connectivity index (χ1n) is 15.9. The molecule has 254 valence electrons. The number of nitrogens with zero attached hydrogens (tertiary/aromatic N) is 1. The predicted octanol–water partition coefficient (Wildman–Crippen LogP) is 5.67. The first-order chi connectivity index (χ1) is 23.8. The molecule has 0 fully saturated rings. The van der Waals surface area contributed by atoms with Crippen molar-refractivity contribution in [3.8, 4) is 17.2 Å². The van der Waals surface area contributed by atoms with E-state index in [-0.39, 0.29) is 12.2 Å². The number of ether oxygens (including phenoxy) is 4. The van der Waals surface area contributed by atoms with Crippen LogP contribution in [0.25, 0.3) is 10.8 Å². The van der Waals surface area contributed by atoms with Crippen LogP contribution >= 0.6 is 0 Å². The molecule has 11 nitrogen and oxygen atoms in total. The largest absolute Gasteiger partial charge is 0.490 e. The Bertz CT molecular complexity index is 1880. The third kappa shape index (κ3) is 8.57. The lowest BCUT2D eigenvalue weighted by atomic mass is 9.95. The van der Waals surface area contributed by atoms with Gasteiger partial charge in [0.1, 0.15) is 19.0 Å². The van der Waals surface area contributed by atoms with Crippen LogP contribution in [0.3, 0.4) is 0 Å². The molecule has 0 radical (unpaired) electrons. The highest BCUT2D eigenvalue weighted by Gasteiger charge is 2.32. The van der Waals surface area contributed by atoms with Gasteiger partial charge in [-0.15, -0.1) is 6.58 Å². The van der Waals surface area contributed by atoms with Crippen molar-refractivity contribution in [3.05, 3.63) is 125 Å². The molecule has 0 saturated carbocycles. The number of nitrogens with one attached hydrogen (secondary N) is 3. The Morgan fingerprint density at radius 3 is 2.59 bits per heavy atom. The van der Waals surface area contributed by atoms with Crippen LogP contribution in [0.1, 0.15) is 42.1 Å². The summed E-state index contributed by atoms with van der Waals surface area (Å²) in [6.45, 7) is 7.96. The summed E-state index contributed by atoms with van der Waals surface area (Å²) >= 11 is 0. The highest BCUT2D eigenvalue weighted by atomic mass is 16.5. The molecule has 4 N–H and O–H groups in total.